The number of aryl methyl sites for hydroxylation is 1. The van der Waals surface area contributed by atoms with Crippen LogP contribution in [-0.2, 0) is 6.61 Å². The number of rotatable bonds is 6. The first kappa shape index (κ1) is 26.7. The molecular formula is C31H36N2O3S. The molecule has 1 aliphatic rings. The molecule has 0 atom stereocenters. The van der Waals surface area contributed by atoms with Gasteiger partial charge in [0.15, 0.2) is 0 Å². The predicted octanol–water partition coefficient (Wildman–Crippen LogP) is 7.46. The van der Waals surface area contributed by atoms with E-state index in [1.807, 2.05) is 79.3 Å². The van der Waals surface area contributed by atoms with Crippen molar-refractivity contribution in [3.8, 4) is 16.9 Å². The summed E-state index contributed by atoms with van der Waals surface area (Å²) in [5.41, 5.74) is 4.89. The SMILES string of the molecule is CC.Cc1ccc(-c2cccc(COc3ccc4c(=O)n(C5CCCC5)sc4c3)c2)cc1C(=O)N(C)C. The Labute approximate surface area is 223 Å². The van der Waals surface area contributed by atoms with Gasteiger partial charge in [0.25, 0.3) is 11.5 Å². The van der Waals surface area contributed by atoms with E-state index in [0.29, 0.717) is 18.2 Å². The van der Waals surface area contributed by atoms with E-state index < -0.39 is 0 Å². The molecule has 5 rings (SSSR count). The Bertz CT molecular complexity index is 1440. The molecule has 1 aromatic heterocycles. The van der Waals surface area contributed by atoms with E-state index in [2.05, 4.69) is 6.07 Å². The molecule has 0 N–H and O–H groups in total. The molecule has 4 aromatic rings. The summed E-state index contributed by atoms with van der Waals surface area (Å²) in [6.45, 7) is 6.38. The van der Waals surface area contributed by atoms with Crippen molar-refractivity contribution in [3.05, 3.63) is 87.7 Å². The van der Waals surface area contributed by atoms with Crippen LogP contribution in [0.3, 0.4) is 0 Å². The van der Waals surface area contributed by atoms with Crippen LogP contribution in [0.5, 0.6) is 5.75 Å². The predicted molar refractivity (Wildman–Crippen MR) is 154 cm³/mol. The summed E-state index contributed by atoms with van der Waals surface area (Å²) >= 11 is 1.56. The van der Waals surface area contributed by atoms with Crippen LogP contribution in [0.4, 0.5) is 0 Å². The van der Waals surface area contributed by atoms with Gasteiger partial charge in [0.1, 0.15) is 12.4 Å². The molecular weight excluding hydrogens is 480 g/mol. The fraction of sp³-hybridized carbons (Fsp3) is 0.355. The molecule has 0 radical (unpaired) electrons. The Morgan fingerprint density at radius 3 is 2.46 bits per heavy atom. The standard InChI is InChI=1S/C29H30N2O3S.C2H6/c1-19-11-12-22(16-26(19)28(32)30(2)3)21-8-6-7-20(15-21)18-34-24-13-14-25-27(17-24)35-31(29(25)33)23-9-4-5-10-23;1-2/h6-8,11-17,23H,4-5,9-10,18H2,1-3H3;1-2H3. The third kappa shape index (κ3) is 5.80. The Hall–Kier alpha value is -3.38. The van der Waals surface area contributed by atoms with Crippen LogP contribution in [0, 0.1) is 6.92 Å². The molecule has 3 aromatic carbocycles. The molecule has 1 heterocycles. The Morgan fingerprint density at radius 2 is 1.73 bits per heavy atom. The summed E-state index contributed by atoms with van der Waals surface area (Å²) in [4.78, 5) is 27.0. The van der Waals surface area contributed by atoms with Crippen LogP contribution in [-0.4, -0.2) is 28.9 Å². The van der Waals surface area contributed by atoms with Crippen molar-refractivity contribution in [2.45, 2.75) is 59.1 Å². The van der Waals surface area contributed by atoms with Gasteiger partial charge in [0.05, 0.1) is 10.1 Å². The zero-order chi connectivity index (χ0) is 26.5. The quantitative estimate of drug-likeness (QED) is 0.267. The lowest BCUT2D eigenvalue weighted by Crippen LogP contribution is -2.22. The van der Waals surface area contributed by atoms with Gasteiger partial charge in [-0.1, -0.05) is 68.6 Å². The number of carbonyl (C=O) groups is 1. The maximum atomic E-state index is 12.8. The smallest absolute Gasteiger partial charge is 0.268 e. The number of hydrogen-bond donors (Lipinski definition) is 0. The highest BCUT2D eigenvalue weighted by atomic mass is 32.1. The van der Waals surface area contributed by atoms with Crippen LogP contribution in [0.2, 0.25) is 0 Å². The average Bonchev–Trinajstić information content (AvgIpc) is 3.56. The van der Waals surface area contributed by atoms with Crippen molar-refractivity contribution < 1.29 is 9.53 Å². The second-order valence-electron chi connectivity index (χ2n) is 9.54. The lowest BCUT2D eigenvalue weighted by Gasteiger charge is -2.14. The van der Waals surface area contributed by atoms with Gasteiger partial charge in [-0.05, 0) is 72.4 Å². The van der Waals surface area contributed by atoms with Gasteiger partial charge in [-0.25, -0.2) is 0 Å². The number of benzene rings is 3. The van der Waals surface area contributed by atoms with E-state index in [1.165, 1.54) is 12.8 Å². The number of hydrogen-bond acceptors (Lipinski definition) is 4. The largest absolute Gasteiger partial charge is 0.489 e. The summed E-state index contributed by atoms with van der Waals surface area (Å²) in [5, 5.41) is 0.777. The minimum absolute atomic E-state index is 0.00305. The van der Waals surface area contributed by atoms with Gasteiger partial charge in [0.2, 0.25) is 0 Å². The van der Waals surface area contributed by atoms with Crippen molar-refractivity contribution >= 4 is 27.5 Å². The Morgan fingerprint density at radius 1 is 1.00 bits per heavy atom. The highest BCUT2D eigenvalue weighted by Gasteiger charge is 2.21. The van der Waals surface area contributed by atoms with E-state index >= 15 is 0 Å². The van der Waals surface area contributed by atoms with E-state index in [0.717, 1.165) is 50.9 Å². The van der Waals surface area contributed by atoms with Gasteiger partial charge in [0, 0.05) is 25.7 Å². The monoisotopic (exact) mass is 516 g/mol. The first-order valence-electron chi connectivity index (χ1n) is 13.1. The second kappa shape index (κ2) is 11.8. The molecule has 0 aliphatic heterocycles. The van der Waals surface area contributed by atoms with Gasteiger partial charge in [-0.3, -0.25) is 13.5 Å². The molecule has 6 heteroatoms. The number of ether oxygens (including phenoxy) is 1. The number of nitrogens with zero attached hydrogens (tertiary/aromatic N) is 2. The van der Waals surface area contributed by atoms with E-state index in [9.17, 15) is 9.59 Å². The molecule has 0 saturated heterocycles. The van der Waals surface area contributed by atoms with E-state index in [4.69, 9.17) is 4.74 Å². The van der Waals surface area contributed by atoms with Crippen LogP contribution >= 0.6 is 11.5 Å². The van der Waals surface area contributed by atoms with Crippen molar-refractivity contribution in [1.82, 2.24) is 8.86 Å². The molecule has 5 nitrogen and oxygen atoms in total. The van der Waals surface area contributed by atoms with Crippen LogP contribution in [0.1, 0.15) is 67.1 Å². The maximum absolute atomic E-state index is 12.8. The summed E-state index contributed by atoms with van der Waals surface area (Å²) in [7, 11) is 3.54. The lowest BCUT2D eigenvalue weighted by molar-refractivity contribution is 0.0827. The molecule has 0 spiro atoms. The van der Waals surface area contributed by atoms with Crippen molar-refractivity contribution in [2.75, 3.05) is 14.1 Å². The summed E-state index contributed by atoms with van der Waals surface area (Å²) in [5.74, 6) is 0.764. The number of aromatic nitrogens is 1. The van der Waals surface area contributed by atoms with Gasteiger partial charge in [-0.2, -0.15) is 0 Å². The number of fused-ring (bicyclic) bond motifs is 1. The molecule has 194 valence electrons. The van der Waals surface area contributed by atoms with Gasteiger partial charge < -0.3 is 9.64 Å². The van der Waals surface area contributed by atoms with Crippen LogP contribution in [0.15, 0.2) is 65.5 Å². The molecule has 1 saturated carbocycles. The summed E-state index contributed by atoms with van der Waals surface area (Å²) in [6, 6.07) is 20.3. The fourth-order valence-electron chi connectivity index (χ4n) is 4.77. The minimum atomic E-state index is 0.00305. The normalized spacial score (nSPS) is 13.3. The van der Waals surface area contributed by atoms with Crippen molar-refractivity contribution in [1.29, 1.82) is 0 Å². The molecule has 1 fully saturated rings. The number of amides is 1. The van der Waals surface area contributed by atoms with Gasteiger partial charge >= 0.3 is 0 Å². The molecule has 1 aliphatic carbocycles. The van der Waals surface area contributed by atoms with Crippen LogP contribution in [0.25, 0.3) is 21.2 Å². The fourth-order valence-corrected chi connectivity index (χ4v) is 5.95. The van der Waals surface area contributed by atoms with Crippen molar-refractivity contribution in [2.24, 2.45) is 0 Å². The summed E-state index contributed by atoms with van der Waals surface area (Å²) < 4.78 is 9.05. The van der Waals surface area contributed by atoms with E-state index in [-0.39, 0.29) is 11.5 Å². The highest BCUT2D eigenvalue weighted by molar-refractivity contribution is 7.13. The first-order valence-corrected chi connectivity index (χ1v) is 13.9. The average molecular weight is 517 g/mol. The topological polar surface area (TPSA) is 51.5 Å². The van der Waals surface area contributed by atoms with Crippen LogP contribution < -0.4 is 10.3 Å². The molecule has 37 heavy (non-hydrogen) atoms. The third-order valence-corrected chi connectivity index (χ3v) is 7.97. The molecule has 0 bridgehead atoms. The highest BCUT2D eigenvalue weighted by Crippen LogP contribution is 2.33. The Balaban J connectivity index is 0.00000156. The zero-order valence-corrected chi connectivity index (χ0v) is 23.2. The van der Waals surface area contributed by atoms with Crippen molar-refractivity contribution in [3.63, 3.8) is 0 Å². The first-order chi connectivity index (χ1) is 17.9. The lowest BCUT2D eigenvalue weighted by atomic mass is 9.98. The maximum Gasteiger partial charge on any atom is 0.268 e. The minimum Gasteiger partial charge on any atom is -0.489 e. The molecule has 1 amide bonds. The zero-order valence-electron chi connectivity index (χ0n) is 22.4. The van der Waals surface area contributed by atoms with Gasteiger partial charge in [-0.15, -0.1) is 0 Å². The second-order valence-corrected chi connectivity index (χ2v) is 10.6. The Kier molecular flexibility index (Phi) is 8.49. The number of carbonyl (C=O) groups excluding carboxylic acids is 1. The summed E-state index contributed by atoms with van der Waals surface area (Å²) in [6.07, 6.45) is 4.60. The van der Waals surface area contributed by atoms with E-state index in [1.54, 1.807) is 30.5 Å². The third-order valence-electron chi connectivity index (χ3n) is 6.78. The molecule has 0 unspecified atom stereocenters.